The van der Waals surface area contributed by atoms with E-state index >= 15 is 0 Å². The lowest BCUT2D eigenvalue weighted by molar-refractivity contribution is 0.102. The van der Waals surface area contributed by atoms with Crippen molar-refractivity contribution < 1.29 is 9.21 Å². The molecule has 0 radical (unpaired) electrons. The van der Waals surface area contributed by atoms with E-state index in [-0.39, 0.29) is 11.9 Å². The normalized spacial score (nSPS) is 10.5. The molecule has 0 aliphatic rings. The molecule has 5 nitrogen and oxygen atoms in total. The predicted octanol–water partition coefficient (Wildman–Crippen LogP) is 4.02. The van der Waals surface area contributed by atoms with E-state index in [0.717, 1.165) is 16.0 Å². The number of carbonyl (C=O) groups is 1. The van der Waals surface area contributed by atoms with Gasteiger partial charge in [0.2, 0.25) is 5.89 Å². The maximum absolute atomic E-state index is 12.2. The zero-order valence-electron chi connectivity index (χ0n) is 12.7. The maximum atomic E-state index is 12.2. The monoisotopic (exact) mass is 325 g/mol. The molecule has 0 atom stereocenters. The van der Waals surface area contributed by atoms with Crippen molar-refractivity contribution in [2.75, 3.05) is 11.6 Å². The molecule has 0 saturated heterocycles. The van der Waals surface area contributed by atoms with Crippen molar-refractivity contribution in [3.05, 3.63) is 59.7 Å². The fraction of sp³-hybridized carbons (Fsp3) is 0.118. The molecular formula is C17H15N3O2S. The van der Waals surface area contributed by atoms with Gasteiger partial charge in [0.25, 0.3) is 5.91 Å². The number of nitrogens with zero attached hydrogens (tertiary/aromatic N) is 2. The Kier molecular flexibility index (Phi) is 4.43. The Morgan fingerprint density at radius 2 is 1.96 bits per heavy atom. The first-order chi connectivity index (χ1) is 11.2. The van der Waals surface area contributed by atoms with Gasteiger partial charge < -0.3 is 4.42 Å². The summed E-state index contributed by atoms with van der Waals surface area (Å²) in [6.07, 6.45) is 1.96. The van der Waals surface area contributed by atoms with Crippen molar-refractivity contribution in [2.24, 2.45) is 0 Å². The fourth-order valence-corrected chi connectivity index (χ4v) is 2.56. The lowest BCUT2D eigenvalue weighted by Gasteiger charge is -2.02. The molecule has 0 fully saturated rings. The van der Waals surface area contributed by atoms with Crippen molar-refractivity contribution in [1.29, 1.82) is 0 Å². The van der Waals surface area contributed by atoms with E-state index in [0.29, 0.717) is 11.5 Å². The Morgan fingerprint density at radius 1 is 1.13 bits per heavy atom. The number of benzene rings is 2. The van der Waals surface area contributed by atoms with Crippen LogP contribution < -0.4 is 5.32 Å². The van der Waals surface area contributed by atoms with Gasteiger partial charge in [-0.3, -0.25) is 10.1 Å². The highest BCUT2D eigenvalue weighted by molar-refractivity contribution is 7.98. The number of hydrogen-bond donors (Lipinski definition) is 1. The molecule has 0 spiro atoms. The van der Waals surface area contributed by atoms with Crippen molar-refractivity contribution in [3.63, 3.8) is 0 Å². The molecule has 1 N–H and O–H groups in total. The quantitative estimate of drug-likeness (QED) is 0.734. The topological polar surface area (TPSA) is 68.0 Å². The van der Waals surface area contributed by atoms with Gasteiger partial charge in [-0.15, -0.1) is 16.9 Å². The summed E-state index contributed by atoms with van der Waals surface area (Å²) >= 11 is 1.58. The maximum Gasteiger partial charge on any atom is 0.322 e. The van der Waals surface area contributed by atoms with Crippen molar-refractivity contribution in [1.82, 2.24) is 10.2 Å². The van der Waals surface area contributed by atoms with Gasteiger partial charge in [0.1, 0.15) is 0 Å². The highest BCUT2D eigenvalue weighted by atomic mass is 32.2. The average molecular weight is 325 g/mol. The van der Waals surface area contributed by atoms with Crippen molar-refractivity contribution >= 4 is 23.7 Å². The minimum absolute atomic E-state index is 0.0843. The number of hydrogen-bond acceptors (Lipinski definition) is 5. The predicted molar refractivity (Wildman–Crippen MR) is 90.6 cm³/mol. The molecule has 0 bridgehead atoms. The molecule has 1 amide bonds. The molecule has 1 aromatic heterocycles. The Labute approximate surface area is 138 Å². The van der Waals surface area contributed by atoms with Crippen LogP contribution in [-0.2, 0) is 0 Å². The number of nitrogens with one attached hydrogen (secondary N) is 1. The lowest BCUT2D eigenvalue weighted by atomic mass is 10.1. The van der Waals surface area contributed by atoms with E-state index in [2.05, 4.69) is 15.5 Å². The second-order valence-corrected chi connectivity index (χ2v) is 5.85. The highest BCUT2D eigenvalue weighted by Crippen LogP contribution is 2.21. The highest BCUT2D eigenvalue weighted by Gasteiger charge is 2.13. The Hall–Kier alpha value is -2.60. The summed E-state index contributed by atoms with van der Waals surface area (Å²) in [5.41, 5.74) is 2.47. The molecule has 1 heterocycles. The molecule has 23 heavy (non-hydrogen) atoms. The summed E-state index contributed by atoms with van der Waals surface area (Å²) in [7, 11) is 0. The fourth-order valence-electron chi connectivity index (χ4n) is 2.10. The minimum Gasteiger partial charge on any atom is -0.403 e. The molecule has 3 rings (SSSR count). The number of anilines is 1. The number of aromatic nitrogens is 2. The van der Waals surface area contributed by atoms with E-state index in [1.807, 2.05) is 55.6 Å². The van der Waals surface area contributed by atoms with Gasteiger partial charge >= 0.3 is 6.01 Å². The lowest BCUT2D eigenvalue weighted by Crippen LogP contribution is -2.12. The summed E-state index contributed by atoms with van der Waals surface area (Å²) in [6, 6.07) is 15.2. The minimum atomic E-state index is -0.277. The van der Waals surface area contributed by atoms with Gasteiger partial charge in [-0.2, -0.15) is 0 Å². The molecule has 3 aromatic rings. The van der Waals surface area contributed by atoms with Crippen LogP contribution in [0.4, 0.5) is 6.01 Å². The van der Waals surface area contributed by atoms with Crippen molar-refractivity contribution in [2.45, 2.75) is 11.8 Å². The summed E-state index contributed by atoms with van der Waals surface area (Å²) in [6.45, 7) is 1.99. The molecule has 0 aliphatic heterocycles. The molecule has 6 heteroatoms. The smallest absolute Gasteiger partial charge is 0.322 e. The Morgan fingerprint density at radius 3 is 2.74 bits per heavy atom. The number of thioether (sulfide) groups is 1. The Balaban J connectivity index is 1.77. The van der Waals surface area contributed by atoms with Gasteiger partial charge in [-0.1, -0.05) is 28.9 Å². The number of rotatable bonds is 4. The van der Waals surface area contributed by atoms with Crippen LogP contribution in [-0.4, -0.2) is 22.4 Å². The second-order valence-electron chi connectivity index (χ2n) is 4.97. The van der Waals surface area contributed by atoms with Crippen LogP contribution in [0.5, 0.6) is 0 Å². The second kappa shape index (κ2) is 6.66. The number of amides is 1. The summed E-state index contributed by atoms with van der Waals surface area (Å²) in [5, 5.41) is 10.5. The average Bonchev–Trinajstić information content (AvgIpc) is 3.03. The molecule has 0 aliphatic carbocycles. The SMILES string of the molecule is CSc1cccc(C(=O)Nc2nnc(-c3cccc(C)c3)o2)c1. The van der Waals surface area contributed by atoms with Gasteiger partial charge in [0.15, 0.2) is 0 Å². The van der Waals surface area contributed by atoms with E-state index in [1.54, 1.807) is 17.8 Å². The first-order valence-corrected chi connectivity index (χ1v) is 8.24. The third-order valence-corrected chi connectivity index (χ3v) is 3.97. The van der Waals surface area contributed by atoms with Gasteiger partial charge in [-0.05, 0) is 43.5 Å². The van der Waals surface area contributed by atoms with Crippen LogP contribution in [0.2, 0.25) is 0 Å². The standard InChI is InChI=1S/C17H15N3O2S/c1-11-5-3-7-13(9-11)16-19-20-17(22-16)18-15(21)12-6-4-8-14(10-12)23-2/h3-10H,1-2H3,(H,18,20,21). The molecule has 0 saturated carbocycles. The third kappa shape index (κ3) is 3.60. The van der Waals surface area contributed by atoms with Crippen LogP contribution in [0.15, 0.2) is 57.8 Å². The molecular weight excluding hydrogens is 310 g/mol. The van der Waals surface area contributed by atoms with Gasteiger partial charge in [-0.25, -0.2) is 0 Å². The van der Waals surface area contributed by atoms with Crippen LogP contribution >= 0.6 is 11.8 Å². The zero-order valence-corrected chi connectivity index (χ0v) is 13.6. The number of carbonyl (C=O) groups excluding carboxylic acids is 1. The summed E-state index contributed by atoms with van der Waals surface area (Å²) < 4.78 is 5.51. The van der Waals surface area contributed by atoms with Crippen LogP contribution in [0.3, 0.4) is 0 Å². The van der Waals surface area contributed by atoms with Gasteiger partial charge in [0, 0.05) is 16.0 Å². The molecule has 2 aromatic carbocycles. The third-order valence-electron chi connectivity index (χ3n) is 3.24. The van der Waals surface area contributed by atoms with Crippen LogP contribution in [0, 0.1) is 6.92 Å². The summed E-state index contributed by atoms with van der Waals surface area (Å²) in [5.74, 6) is 0.0993. The van der Waals surface area contributed by atoms with Crippen LogP contribution in [0.25, 0.3) is 11.5 Å². The van der Waals surface area contributed by atoms with E-state index in [1.165, 1.54) is 0 Å². The summed E-state index contributed by atoms with van der Waals surface area (Å²) in [4.78, 5) is 13.3. The first-order valence-electron chi connectivity index (χ1n) is 7.01. The largest absolute Gasteiger partial charge is 0.403 e. The first kappa shape index (κ1) is 15.3. The number of aryl methyl sites for hydroxylation is 1. The van der Waals surface area contributed by atoms with Crippen molar-refractivity contribution in [3.8, 4) is 11.5 Å². The van der Waals surface area contributed by atoms with Gasteiger partial charge in [0.05, 0.1) is 0 Å². The van der Waals surface area contributed by atoms with E-state index in [9.17, 15) is 4.79 Å². The zero-order chi connectivity index (χ0) is 16.2. The molecule has 0 unspecified atom stereocenters. The van der Waals surface area contributed by atoms with Crippen LogP contribution in [0.1, 0.15) is 15.9 Å². The van der Waals surface area contributed by atoms with E-state index in [4.69, 9.17) is 4.42 Å². The van der Waals surface area contributed by atoms with E-state index < -0.39 is 0 Å². The molecule has 116 valence electrons. The Bertz CT molecular complexity index is 845.